The van der Waals surface area contributed by atoms with Crippen LogP contribution in [-0.2, 0) is 19.9 Å². The van der Waals surface area contributed by atoms with E-state index in [2.05, 4.69) is 19.9 Å². The fourth-order valence-corrected chi connectivity index (χ4v) is 1.13. The molecular formula is C8H11N3O5. The van der Waals surface area contributed by atoms with Gasteiger partial charge >= 0.3 is 11.9 Å². The number of rotatable bonds is 5. The molecule has 1 atom stereocenters. The van der Waals surface area contributed by atoms with E-state index in [0.29, 0.717) is 0 Å². The monoisotopic (exact) mass is 229 g/mol. The van der Waals surface area contributed by atoms with Gasteiger partial charge in [0.2, 0.25) is 5.60 Å². The predicted molar refractivity (Wildman–Crippen MR) is 49.2 cm³/mol. The Hall–Kier alpha value is -1.96. The molecule has 0 radical (unpaired) electrons. The van der Waals surface area contributed by atoms with Crippen LogP contribution in [0.4, 0.5) is 0 Å². The second-order valence-corrected chi connectivity index (χ2v) is 2.99. The van der Waals surface area contributed by atoms with Gasteiger partial charge in [-0.05, 0) is 6.92 Å². The zero-order chi connectivity index (χ0) is 12.2. The number of H-pyrrole nitrogens is 1. The van der Waals surface area contributed by atoms with Gasteiger partial charge in [-0.3, -0.25) is 9.89 Å². The van der Waals surface area contributed by atoms with E-state index in [1.165, 1.54) is 0 Å². The highest BCUT2D eigenvalue weighted by molar-refractivity contribution is 5.85. The van der Waals surface area contributed by atoms with E-state index in [1.807, 2.05) is 0 Å². The van der Waals surface area contributed by atoms with Crippen molar-refractivity contribution in [1.29, 1.82) is 0 Å². The lowest BCUT2D eigenvalue weighted by atomic mass is 9.99. The average Bonchev–Trinajstić information content (AvgIpc) is 2.69. The summed E-state index contributed by atoms with van der Waals surface area (Å²) in [6.45, 7) is 1.56. The minimum Gasteiger partial charge on any atom is -0.481 e. The second kappa shape index (κ2) is 4.71. The number of nitrogens with one attached hydrogen (secondary N) is 1. The Bertz CT molecular complexity index is 377. The maximum absolute atomic E-state index is 11.5. The van der Waals surface area contributed by atoms with Crippen molar-refractivity contribution < 1.29 is 24.5 Å². The third-order valence-electron chi connectivity index (χ3n) is 1.83. The predicted octanol–water partition coefficient (Wildman–Crippen LogP) is -0.970. The molecule has 0 aromatic carbocycles. The highest BCUT2D eigenvalue weighted by Crippen LogP contribution is 2.23. The minimum atomic E-state index is -2.33. The van der Waals surface area contributed by atoms with Crippen molar-refractivity contribution in [2.45, 2.75) is 18.9 Å². The molecule has 0 aliphatic rings. The Morgan fingerprint density at radius 3 is 2.75 bits per heavy atom. The summed E-state index contributed by atoms with van der Waals surface area (Å²) in [5.74, 6) is -2.69. The number of aliphatic hydroxyl groups is 1. The largest absolute Gasteiger partial charge is 0.481 e. The lowest BCUT2D eigenvalue weighted by Crippen LogP contribution is -2.40. The standard InChI is InChI=1S/C8H11N3O5/c1-2-16-7(14)8(15,3-5(12)13)6-9-4-10-11-6/h4,15H,2-3H2,1H3,(H,12,13)(H,9,10,11). The molecule has 3 N–H and O–H groups in total. The number of ether oxygens (including phenoxy) is 1. The molecule has 1 unspecified atom stereocenters. The number of carbonyl (C=O) groups excluding carboxylic acids is 1. The molecule has 0 spiro atoms. The SMILES string of the molecule is CCOC(=O)C(O)(CC(=O)O)c1ncn[nH]1. The number of aromatic amines is 1. The summed E-state index contributed by atoms with van der Waals surface area (Å²) >= 11 is 0. The van der Waals surface area contributed by atoms with Crippen molar-refractivity contribution in [3.05, 3.63) is 12.2 Å². The molecule has 16 heavy (non-hydrogen) atoms. The highest BCUT2D eigenvalue weighted by Gasteiger charge is 2.44. The van der Waals surface area contributed by atoms with Crippen molar-refractivity contribution in [3.63, 3.8) is 0 Å². The average molecular weight is 229 g/mol. The molecule has 0 aliphatic heterocycles. The van der Waals surface area contributed by atoms with Crippen LogP contribution in [-0.4, -0.2) is 43.9 Å². The molecule has 1 rings (SSSR count). The number of hydrogen-bond donors (Lipinski definition) is 3. The number of carboxylic acids is 1. The molecule has 0 fully saturated rings. The number of esters is 1. The number of carboxylic acid groups (broad SMARTS) is 1. The molecule has 8 heteroatoms. The second-order valence-electron chi connectivity index (χ2n) is 2.99. The Balaban J connectivity index is 3.02. The van der Waals surface area contributed by atoms with Gasteiger partial charge in [0, 0.05) is 0 Å². The Morgan fingerprint density at radius 1 is 1.62 bits per heavy atom. The van der Waals surface area contributed by atoms with Gasteiger partial charge in [-0.2, -0.15) is 5.10 Å². The maximum atomic E-state index is 11.5. The fraction of sp³-hybridized carbons (Fsp3) is 0.500. The van der Waals surface area contributed by atoms with Crippen LogP contribution >= 0.6 is 0 Å². The first-order chi connectivity index (χ1) is 7.50. The Kier molecular flexibility index (Phi) is 3.56. The van der Waals surface area contributed by atoms with Gasteiger partial charge in [-0.15, -0.1) is 0 Å². The number of aliphatic carboxylic acids is 1. The van der Waals surface area contributed by atoms with Crippen molar-refractivity contribution in [1.82, 2.24) is 15.2 Å². The summed E-state index contributed by atoms with van der Waals surface area (Å²) in [6.07, 6.45) is 0.211. The molecule has 8 nitrogen and oxygen atoms in total. The Labute approximate surface area is 90.3 Å². The van der Waals surface area contributed by atoms with Crippen LogP contribution in [0.2, 0.25) is 0 Å². The number of hydrogen-bond acceptors (Lipinski definition) is 6. The minimum absolute atomic E-state index is 0.0227. The van der Waals surface area contributed by atoms with Crippen molar-refractivity contribution in [2.75, 3.05) is 6.61 Å². The van der Waals surface area contributed by atoms with E-state index in [1.54, 1.807) is 6.92 Å². The van der Waals surface area contributed by atoms with E-state index in [4.69, 9.17) is 5.11 Å². The molecular weight excluding hydrogens is 218 g/mol. The van der Waals surface area contributed by atoms with E-state index in [9.17, 15) is 14.7 Å². The van der Waals surface area contributed by atoms with Gasteiger partial charge in [0.05, 0.1) is 13.0 Å². The molecule has 0 amide bonds. The van der Waals surface area contributed by atoms with E-state index in [-0.39, 0.29) is 12.4 Å². The first-order valence-corrected chi connectivity index (χ1v) is 4.48. The molecule has 0 bridgehead atoms. The van der Waals surface area contributed by atoms with Gasteiger partial charge < -0.3 is 14.9 Å². The van der Waals surface area contributed by atoms with Gasteiger partial charge in [-0.1, -0.05) is 0 Å². The zero-order valence-corrected chi connectivity index (χ0v) is 8.51. The zero-order valence-electron chi connectivity index (χ0n) is 8.51. The van der Waals surface area contributed by atoms with E-state index < -0.39 is 24.0 Å². The van der Waals surface area contributed by atoms with Gasteiger partial charge in [0.25, 0.3) is 0 Å². The summed E-state index contributed by atoms with van der Waals surface area (Å²) in [4.78, 5) is 25.6. The van der Waals surface area contributed by atoms with Crippen LogP contribution in [0.1, 0.15) is 19.2 Å². The fourth-order valence-electron chi connectivity index (χ4n) is 1.13. The summed E-state index contributed by atoms with van der Waals surface area (Å²) < 4.78 is 4.59. The molecule has 0 saturated heterocycles. The van der Waals surface area contributed by atoms with Gasteiger partial charge in [0.15, 0.2) is 5.82 Å². The molecule has 1 heterocycles. The maximum Gasteiger partial charge on any atom is 0.346 e. The van der Waals surface area contributed by atoms with Crippen LogP contribution in [0, 0.1) is 0 Å². The number of carbonyl (C=O) groups is 2. The van der Waals surface area contributed by atoms with Gasteiger partial charge in [0.1, 0.15) is 6.33 Å². The molecule has 88 valence electrons. The van der Waals surface area contributed by atoms with Crippen LogP contribution in [0.3, 0.4) is 0 Å². The lowest BCUT2D eigenvalue weighted by Gasteiger charge is -2.20. The summed E-state index contributed by atoms with van der Waals surface area (Å²) in [6, 6.07) is 0. The molecule has 1 aromatic rings. The topological polar surface area (TPSA) is 125 Å². The van der Waals surface area contributed by atoms with Crippen molar-refractivity contribution >= 4 is 11.9 Å². The number of aromatic nitrogens is 3. The third kappa shape index (κ3) is 2.34. The first-order valence-electron chi connectivity index (χ1n) is 4.48. The highest BCUT2D eigenvalue weighted by atomic mass is 16.5. The number of nitrogens with zero attached hydrogens (tertiary/aromatic N) is 2. The van der Waals surface area contributed by atoms with Gasteiger partial charge in [-0.25, -0.2) is 9.78 Å². The Morgan fingerprint density at radius 2 is 2.31 bits per heavy atom. The van der Waals surface area contributed by atoms with E-state index in [0.717, 1.165) is 6.33 Å². The molecule has 0 saturated carbocycles. The van der Waals surface area contributed by atoms with Crippen LogP contribution in [0.15, 0.2) is 6.33 Å². The van der Waals surface area contributed by atoms with Crippen LogP contribution < -0.4 is 0 Å². The lowest BCUT2D eigenvalue weighted by molar-refractivity contribution is -0.173. The molecule has 1 aromatic heterocycles. The normalized spacial score (nSPS) is 14.1. The quantitative estimate of drug-likeness (QED) is 0.554. The smallest absolute Gasteiger partial charge is 0.346 e. The first kappa shape index (κ1) is 12.1. The van der Waals surface area contributed by atoms with Crippen molar-refractivity contribution in [2.24, 2.45) is 0 Å². The van der Waals surface area contributed by atoms with E-state index >= 15 is 0 Å². The summed E-state index contributed by atoms with van der Waals surface area (Å²) in [5, 5.41) is 24.3. The van der Waals surface area contributed by atoms with Crippen molar-refractivity contribution in [3.8, 4) is 0 Å². The summed E-state index contributed by atoms with van der Waals surface area (Å²) in [7, 11) is 0. The summed E-state index contributed by atoms with van der Waals surface area (Å²) in [5.41, 5.74) is -2.33. The van der Waals surface area contributed by atoms with Crippen LogP contribution in [0.25, 0.3) is 0 Å². The van der Waals surface area contributed by atoms with Crippen LogP contribution in [0.5, 0.6) is 0 Å². The molecule has 0 aliphatic carbocycles. The third-order valence-corrected chi connectivity index (χ3v) is 1.83.